The van der Waals surface area contributed by atoms with E-state index in [9.17, 15) is 9.59 Å². The molecule has 0 aromatic carbocycles. The summed E-state index contributed by atoms with van der Waals surface area (Å²) in [6, 6.07) is -0.541. The van der Waals surface area contributed by atoms with Crippen LogP contribution in [0.15, 0.2) is 0 Å². The maximum absolute atomic E-state index is 12.0. The lowest BCUT2D eigenvalue weighted by atomic mass is 10.2. The summed E-state index contributed by atoms with van der Waals surface area (Å²) in [7, 11) is 3.33. The minimum Gasteiger partial charge on any atom is -0.347 e. The molecule has 0 saturated heterocycles. The topological polar surface area (TPSA) is 78.1 Å². The third-order valence-electron chi connectivity index (χ3n) is 3.18. The van der Waals surface area contributed by atoms with Crippen LogP contribution in [0.2, 0.25) is 0 Å². The first-order valence-corrected chi connectivity index (χ1v) is 6.09. The van der Waals surface area contributed by atoms with E-state index < -0.39 is 6.04 Å². The lowest BCUT2D eigenvalue weighted by Crippen LogP contribution is -2.44. The van der Waals surface area contributed by atoms with E-state index in [2.05, 4.69) is 15.5 Å². The molecule has 1 heterocycles. The first kappa shape index (κ1) is 12.6. The normalized spacial score (nSPS) is 15.1. The molecule has 2 N–H and O–H groups in total. The predicted octanol–water partition coefficient (Wildman–Crippen LogP) is 0.105. The fourth-order valence-corrected chi connectivity index (χ4v) is 2.22. The van der Waals surface area contributed by atoms with Crippen molar-refractivity contribution in [1.29, 1.82) is 0 Å². The van der Waals surface area contributed by atoms with Crippen LogP contribution < -0.4 is 5.32 Å². The van der Waals surface area contributed by atoms with Crippen LogP contribution in [-0.4, -0.2) is 47.0 Å². The van der Waals surface area contributed by atoms with Crippen molar-refractivity contribution in [3.05, 3.63) is 17.0 Å². The molecule has 6 nitrogen and oxygen atoms in total. The van der Waals surface area contributed by atoms with Crippen LogP contribution in [0.3, 0.4) is 0 Å². The van der Waals surface area contributed by atoms with Crippen LogP contribution in [0.25, 0.3) is 0 Å². The highest BCUT2D eigenvalue weighted by molar-refractivity contribution is 5.97. The summed E-state index contributed by atoms with van der Waals surface area (Å²) in [5, 5.41) is 9.60. The zero-order valence-corrected chi connectivity index (χ0v) is 10.9. The van der Waals surface area contributed by atoms with Gasteiger partial charge in [-0.15, -0.1) is 0 Å². The van der Waals surface area contributed by atoms with Crippen LogP contribution in [0, 0.1) is 0 Å². The fraction of sp³-hybridized carbons (Fsp3) is 0.583. The van der Waals surface area contributed by atoms with Crippen LogP contribution in [-0.2, 0) is 17.6 Å². The Balaban J connectivity index is 2.06. The maximum Gasteiger partial charge on any atom is 0.272 e. The molecular formula is C12H18N4O2. The molecule has 0 saturated carbocycles. The first-order valence-electron chi connectivity index (χ1n) is 6.09. The summed E-state index contributed by atoms with van der Waals surface area (Å²) in [6.45, 7) is 1.67. The summed E-state index contributed by atoms with van der Waals surface area (Å²) in [5.74, 6) is -0.410. The number of carbonyl (C=O) groups is 2. The molecule has 98 valence electrons. The molecule has 2 rings (SSSR count). The van der Waals surface area contributed by atoms with Gasteiger partial charge in [0, 0.05) is 25.4 Å². The van der Waals surface area contributed by atoms with Crippen molar-refractivity contribution < 1.29 is 9.59 Å². The molecule has 0 spiro atoms. The summed E-state index contributed by atoms with van der Waals surface area (Å²) in [6.07, 6.45) is 2.88. The zero-order chi connectivity index (χ0) is 13.3. The summed E-state index contributed by atoms with van der Waals surface area (Å²) in [4.78, 5) is 25.2. The predicted molar refractivity (Wildman–Crippen MR) is 66.2 cm³/mol. The molecular weight excluding hydrogens is 232 g/mol. The van der Waals surface area contributed by atoms with E-state index in [1.54, 1.807) is 21.0 Å². The lowest BCUT2D eigenvalue weighted by Gasteiger charge is -2.17. The third kappa shape index (κ3) is 2.23. The Morgan fingerprint density at radius 1 is 1.39 bits per heavy atom. The number of rotatable bonds is 3. The number of aryl methyl sites for hydroxylation is 1. The number of fused-ring (bicyclic) bond motifs is 1. The van der Waals surface area contributed by atoms with Crippen molar-refractivity contribution in [2.24, 2.45) is 0 Å². The van der Waals surface area contributed by atoms with E-state index in [1.807, 2.05) is 0 Å². The molecule has 6 heteroatoms. The van der Waals surface area contributed by atoms with E-state index in [0.717, 1.165) is 30.5 Å². The van der Waals surface area contributed by atoms with Crippen molar-refractivity contribution in [3.8, 4) is 0 Å². The molecule has 1 aromatic rings. The van der Waals surface area contributed by atoms with Crippen LogP contribution in [0.4, 0.5) is 0 Å². The second kappa shape index (κ2) is 4.80. The Labute approximate surface area is 106 Å². The van der Waals surface area contributed by atoms with Crippen LogP contribution in [0.5, 0.6) is 0 Å². The molecule has 2 amide bonds. The van der Waals surface area contributed by atoms with Gasteiger partial charge in [0.25, 0.3) is 5.91 Å². The molecule has 18 heavy (non-hydrogen) atoms. The number of nitrogens with zero attached hydrogens (tertiary/aromatic N) is 2. The van der Waals surface area contributed by atoms with Gasteiger partial charge in [0.15, 0.2) is 5.69 Å². The highest BCUT2D eigenvalue weighted by Gasteiger charge is 2.25. The van der Waals surface area contributed by atoms with Gasteiger partial charge in [0.2, 0.25) is 5.91 Å². The quantitative estimate of drug-likeness (QED) is 0.799. The largest absolute Gasteiger partial charge is 0.347 e. The number of carbonyl (C=O) groups excluding carboxylic acids is 2. The van der Waals surface area contributed by atoms with Crippen LogP contribution >= 0.6 is 0 Å². The van der Waals surface area contributed by atoms with E-state index in [-0.39, 0.29) is 11.8 Å². The van der Waals surface area contributed by atoms with Gasteiger partial charge in [-0.2, -0.15) is 5.10 Å². The van der Waals surface area contributed by atoms with Gasteiger partial charge in [-0.1, -0.05) is 0 Å². The number of aromatic amines is 1. The van der Waals surface area contributed by atoms with Gasteiger partial charge >= 0.3 is 0 Å². The van der Waals surface area contributed by atoms with Crippen molar-refractivity contribution in [2.45, 2.75) is 32.2 Å². The van der Waals surface area contributed by atoms with Gasteiger partial charge in [0.05, 0.1) is 0 Å². The van der Waals surface area contributed by atoms with E-state index in [0.29, 0.717) is 5.69 Å². The van der Waals surface area contributed by atoms with Gasteiger partial charge < -0.3 is 10.2 Å². The Morgan fingerprint density at radius 3 is 2.78 bits per heavy atom. The van der Waals surface area contributed by atoms with Crippen LogP contribution in [0.1, 0.15) is 35.1 Å². The Morgan fingerprint density at radius 2 is 2.11 bits per heavy atom. The third-order valence-corrected chi connectivity index (χ3v) is 3.18. The van der Waals surface area contributed by atoms with E-state index >= 15 is 0 Å². The minimum absolute atomic E-state index is 0.129. The molecule has 0 radical (unpaired) electrons. The molecule has 1 aliphatic rings. The number of nitrogens with one attached hydrogen (secondary N) is 2. The Hall–Kier alpha value is -1.85. The SMILES string of the molecule is CC(NC(=O)c1n[nH]c2c1CCC2)C(=O)N(C)C. The second-order valence-corrected chi connectivity index (χ2v) is 4.81. The number of likely N-dealkylation sites (N-methyl/N-ethyl adjacent to an activating group) is 1. The van der Waals surface area contributed by atoms with Gasteiger partial charge in [-0.3, -0.25) is 14.7 Å². The highest BCUT2D eigenvalue weighted by atomic mass is 16.2. The van der Waals surface area contributed by atoms with Gasteiger partial charge in [-0.05, 0) is 26.2 Å². The van der Waals surface area contributed by atoms with Crippen molar-refractivity contribution in [3.63, 3.8) is 0 Å². The molecule has 1 unspecified atom stereocenters. The molecule has 0 fully saturated rings. The molecule has 0 bridgehead atoms. The van der Waals surface area contributed by atoms with Crippen molar-refractivity contribution in [2.75, 3.05) is 14.1 Å². The minimum atomic E-state index is -0.541. The average molecular weight is 250 g/mol. The molecule has 1 aliphatic carbocycles. The standard InChI is InChI=1S/C12H18N4O2/c1-7(12(18)16(2)3)13-11(17)10-8-5-4-6-9(8)14-15-10/h7H,4-6H2,1-3H3,(H,13,17)(H,14,15). The first-order chi connectivity index (χ1) is 8.50. The highest BCUT2D eigenvalue weighted by Crippen LogP contribution is 2.22. The van der Waals surface area contributed by atoms with Gasteiger partial charge in [0.1, 0.15) is 6.04 Å². The fourth-order valence-electron chi connectivity index (χ4n) is 2.22. The monoisotopic (exact) mass is 250 g/mol. The maximum atomic E-state index is 12.0. The van der Waals surface area contributed by atoms with E-state index in [4.69, 9.17) is 0 Å². The summed E-state index contributed by atoms with van der Waals surface area (Å²) < 4.78 is 0. The molecule has 1 atom stereocenters. The number of hydrogen-bond acceptors (Lipinski definition) is 3. The van der Waals surface area contributed by atoms with Crippen molar-refractivity contribution >= 4 is 11.8 Å². The molecule has 0 aliphatic heterocycles. The zero-order valence-electron chi connectivity index (χ0n) is 10.9. The average Bonchev–Trinajstić information content (AvgIpc) is 2.88. The summed E-state index contributed by atoms with van der Waals surface area (Å²) in [5.41, 5.74) is 2.48. The Kier molecular flexibility index (Phi) is 3.36. The van der Waals surface area contributed by atoms with Gasteiger partial charge in [-0.25, -0.2) is 0 Å². The number of H-pyrrole nitrogens is 1. The smallest absolute Gasteiger partial charge is 0.272 e. The number of aromatic nitrogens is 2. The number of hydrogen-bond donors (Lipinski definition) is 2. The summed E-state index contributed by atoms with van der Waals surface area (Å²) >= 11 is 0. The number of amides is 2. The lowest BCUT2D eigenvalue weighted by molar-refractivity contribution is -0.130. The Bertz CT molecular complexity index is 478. The second-order valence-electron chi connectivity index (χ2n) is 4.81. The van der Waals surface area contributed by atoms with E-state index in [1.165, 1.54) is 4.90 Å². The van der Waals surface area contributed by atoms with Crippen molar-refractivity contribution in [1.82, 2.24) is 20.4 Å². The molecule has 1 aromatic heterocycles.